The van der Waals surface area contributed by atoms with Crippen LogP contribution >= 0.6 is 11.6 Å². The number of hydrogen-bond donors (Lipinski definition) is 1. The lowest BCUT2D eigenvalue weighted by atomic mass is 10.0. The predicted octanol–water partition coefficient (Wildman–Crippen LogP) is 1.94. The average molecular weight is 249 g/mol. The molecule has 4 nitrogen and oxygen atoms in total. The molecule has 1 heterocycles. The van der Waals surface area contributed by atoms with Gasteiger partial charge in [-0.1, -0.05) is 32.4 Å². The van der Waals surface area contributed by atoms with E-state index in [-0.39, 0.29) is 12.0 Å². The van der Waals surface area contributed by atoms with Crippen LogP contribution < -0.4 is 11.2 Å². The molecule has 1 aromatic rings. The first-order chi connectivity index (χ1) is 7.40. The van der Waals surface area contributed by atoms with E-state index in [2.05, 4.69) is 4.98 Å². The van der Waals surface area contributed by atoms with Crippen molar-refractivity contribution in [2.24, 2.45) is 5.92 Å². The standard InChI is InChI=1S/C10H14ClFN2O2/c1-4-6(5(2)3)14-9(15)7(12)8(11)13-10(14)16/h5-6H,4H2,1-3H3,(H,13,16). The number of aromatic nitrogens is 2. The zero-order valence-electron chi connectivity index (χ0n) is 9.38. The summed E-state index contributed by atoms with van der Waals surface area (Å²) in [6.45, 7) is 5.57. The molecule has 0 radical (unpaired) electrons. The van der Waals surface area contributed by atoms with Crippen LogP contribution in [-0.4, -0.2) is 9.55 Å². The van der Waals surface area contributed by atoms with E-state index in [1.165, 1.54) is 0 Å². The van der Waals surface area contributed by atoms with Crippen molar-refractivity contribution >= 4 is 11.6 Å². The second kappa shape index (κ2) is 4.82. The van der Waals surface area contributed by atoms with Crippen molar-refractivity contribution in [2.45, 2.75) is 33.2 Å². The topological polar surface area (TPSA) is 54.9 Å². The minimum Gasteiger partial charge on any atom is -0.295 e. The van der Waals surface area contributed by atoms with Crippen molar-refractivity contribution in [2.75, 3.05) is 0 Å². The summed E-state index contributed by atoms with van der Waals surface area (Å²) in [5, 5.41) is -0.537. The van der Waals surface area contributed by atoms with Gasteiger partial charge in [0.1, 0.15) is 0 Å². The highest BCUT2D eigenvalue weighted by Gasteiger charge is 2.21. The van der Waals surface area contributed by atoms with Gasteiger partial charge in [0.25, 0.3) is 5.56 Å². The Kier molecular flexibility index (Phi) is 3.91. The van der Waals surface area contributed by atoms with Gasteiger partial charge in [-0.15, -0.1) is 0 Å². The second-order valence-corrected chi connectivity index (χ2v) is 4.33. The van der Waals surface area contributed by atoms with E-state index in [0.29, 0.717) is 6.42 Å². The molecule has 0 fully saturated rings. The highest BCUT2D eigenvalue weighted by atomic mass is 35.5. The minimum absolute atomic E-state index is 0.0596. The molecule has 0 bridgehead atoms. The summed E-state index contributed by atoms with van der Waals surface area (Å²) in [5.74, 6) is -1.05. The molecule has 16 heavy (non-hydrogen) atoms. The van der Waals surface area contributed by atoms with Gasteiger partial charge in [-0.3, -0.25) is 14.3 Å². The third kappa shape index (κ3) is 2.19. The highest BCUT2D eigenvalue weighted by Crippen LogP contribution is 2.18. The van der Waals surface area contributed by atoms with Crippen LogP contribution in [0.15, 0.2) is 9.59 Å². The summed E-state index contributed by atoms with van der Waals surface area (Å²) < 4.78 is 14.2. The van der Waals surface area contributed by atoms with Gasteiger partial charge in [-0.2, -0.15) is 4.39 Å². The van der Waals surface area contributed by atoms with Crippen LogP contribution in [0.3, 0.4) is 0 Å². The van der Waals surface area contributed by atoms with Crippen molar-refractivity contribution in [1.29, 1.82) is 0 Å². The quantitative estimate of drug-likeness (QED) is 0.831. The Labute approximate surface area is 97.1 Å². The first kappa shape index (κ1) is 13.0. The molecule has 0 saturated heterocycles. The second-order valence-electron chi connectivity index (χ2n) is 3.95. The molecule has 0 spiro atoms. The number of aromatic amines is 1. The van der Waals surface area contributed by atoms with Crippen molar-refractivity contribution < 1.29 is 4.39 Å². The molecule has 0 saturated carbocycles. The van der Waals surface area contributed by atoms with Crippen molar-refractivity contribution in [3.63, 3.8) is 0 Å². The predicted molar refractivity (Wildman–Crippen MR) is 60.5 cm³/mol. The number of H-pyrrole nitrogens is 1. The summed E-state index contributed by atoms with van der Waals surface area (Å²) in [5.41, 5.74) is -1.63. The molecule has 90 valence electrons. The summed E-state index contributed by atoms with van der Waals surface area (Å²) in [6, 6.07) is -0.331. The van der Waals surface area contributed by atoms with Gasteiger partial charge in [0.2, 0.25) is 5.82 Å². The van der Waals surface area contributed by atoms with E-state index in [9.17, 15) is 14.0 Å². The van der Waals surface area contributed by atoms with Crippen LogP contribution in [0, 0.1) is 11.7 Å². The third-order valence-electron chi connectivity index (χ3n) is 2.55. The first-order valence-electron chi connectivity index (χ1n) is 5.10. The molecule has 1 atom stereocenters. The van der Waals surface area contributed by atoms with Gasteiger partial charge in [0, 0.05) is 6.04 Å². The van der Waals surface area contributed by atoms with E-state index in [1.54, 1.807) is 0 Å². The Balaban J connectivity index is 3.51. The van der Waals surface area contributed by atoms with E-state index < -0.39 is 22.2 Å². The van der Waals surface area contributed by atoms with Crippen LogP contribution in [0.1, 0.15) is 33.2 Å². The molecule has 0 aliphatic rings. The minimum atomic E-state index is -1.11. The van der Waals surface area contributed by atoms with Crippen molar-refractivity contribution in [1.82, 2.24) is 9.55 Å². The molecule has 1 rings (SSSR count). The number of rotatable bonds is 3. The first-order valence-corrected chi connectivity index (χ1v) is 5.47. The average Bonchev–Trinajstić information content (AvgIpc) is 2.20. The summed E-state index contributed by atoms with van der Waals surface area (Å²) in [7, 11) is 0. The largest absolute Gasteiger partial charge is 0.329 e. The van der Waals surface area contributed by atoms with E-state index >= 15 is 0 Å². The highest BCUT2D eigenvalue weighted by molar-refractivity contribution is 6.29. The molecular weight excluding hydrogens is 235 g/mol. The zero-order chi connectivity index (χ0) is 12.5. The van der Waals surface area contributed by atoms with Crippen LogP contribution in [-0.2, 0) is 0 Å². The normalized spacial score (nSPS) is 13.1. The van der Waals surface area contributed by atoms with Gasteiger partial charge >= 0.3 is 5.69 Å². The van der Waals surface area contributed by atoms with E-state index in [4.69, 9.17) is 11.6 Å². The van der Waals surface area contributed by atoms with Gasteiger partial charge in [0.15, 0.2) is 5.15 Å². The molecule has 6 heteroatoms. The Morgan fingerprint density at radius 1 is 1.44 bits per heavy atom. The summed E-state index contributed by atoms with van der Waals surface area (Å²) in [6.07, 6.45) is 0.571. The van der Waals surface area contributed by atoms with E-state index in [1.807, 2.05) is 20.8 Å². The van der Waals surface area contributed by atoms with Crippen LogP contribution in [0.25, 0.3) is 0 Å². The van der Waals surface area contributed by atoms with Gasteiger partial charge in [-0.25, -0.2) is 4.79 Å². The molecule has 0 aromatic carbocycles. The zero-order valence-corrected chi connectivity index (χ0v) is 10.1. The Hall–Kier alpha value is -1.10. The van der Waals surface area contributed by atoms with Crippen molar-refractivity contribution in [3.8, 4) is 0 Å². The lowest BCUT2D eigenvalue weighted by molar-refractivity contribution is 0.336. The summed E-state index contributed by atoms with van der Waals surface area (Å²) in [4.78, 5) is 25.3. The molecule has 1 aromatic heterocycles. The molecule has 1 unspecified atom stereocenters. The fraction of sp³-hybridized carbons (Fsp3) is 0.600. The maximum absolute atomic E-state index is 13.3. The van der Waals surface area contributed by atoms with Crippen LogP contribution in [0.5, 0.6) is 0 Å². The molecule has 0 aliphatic heterocycles. The fourth-order valence-corrected chi connectivity index (χ4v) is 1.92. The molecule has 1 N–H and O–H groups in total. The Morgan fingerprint density at radius 3 is 2.44 bits per heavy atom. The van der Waals surface area contributed by atoms with Crippen LogP contribution in [0.4, 0.5) is 4.39 Å². The maximum atomic E-state index is 13.3. The summed E-state index contributed by atoms with van der Waals surface area (Å²) >= 11 is 5.37. The number of hydrogen-bond acceptors (Lipinski definition) is 2. The lowest BCUT2D eigenvalue weighted by Gasteiger charge is -2.20. The SMILES string of the molecule is CCC(C(C)C)n1c(=O)[nH]c(Cl)c(F)c1=O. The smallest absolute Gasteiger partial charge is 0.295 e. The van der Waals surface area contributed by atoms with Gasteiger partial charge in [-0.05, 0) is 12.3 Å². The maximum Gasteiger partial charge on any atom is 0.329 e. The fourth-order valence-electron chi connectivity index (χ4n) is 1.75. The Morgan fingerprint density at radius 2 is 2.00 bits per heavy atom. The third-order valence-corrected chi connectivity index (χ3v) is 2.81. The molecule has 0 amide bonds. The van der Waals surface area contributed by atoms with Crippen LogP contribution in [0.2, 0.25) is 5.15 Å². The van der Waals surface area contributed by atoms with Gasteiger partial charge in [0.05, 0.1) is 0 Å². The monoisotopic (exact) mass is 248 g/mol. The molecule has 0 aliphatic carbocycles. The Bertz CT molecular complexity index is 493. The van der Waals surface area contributed by atoms with E-state index in [0.717, 1.165) is 4.57 Å². The number of nitrogens with zero attached hydrogens (tertiary/aromatic N) is 1. The lowest BCUT2D eigenvalue weighted by Crippen LogP contribution is -2.41. The number of nitrogens with one attached hydrogen (secondary N) is 1. The number of halogens is 2. The van der Waals surface area contributed by atoms with Gasteiger partial charge < -0.3 is 0 Å². The molecular formula is C10H14ClFN2O2. The van der Waals surface area contributed by atoms with Crippen molar-refractivity contribution in [3.05, 3.63) is 31.8 Å².